The highest BCUT2D eigenvalue weighted by atomic mass is 14.4. The van der Waals surface area contributed by atoms with Crippen molar-refractivity contribution in [3.8, 4) is 0 Å². The monoisotopic (exact) mass is 226 g/mol. The Morgan fingerprint density at radius 3 is 1.81 bits per heavy atom. The Hall–Kier alpha value is 0. The Balaban J connectivity index is 4.72. The lowest BCUT2D eigenvalue weighted by Gasteiger charge is -2.43. The minimum Gasteiger partial charge on any atom is -0.0654 e. The second-order valence-electron chi connectivity index (χ2n) is 6.14. The van der Waals surface area contributed by atoms with Crippen molar-refractivity contribution >= 4 is 0 Å². The first-order valence-corrected chi connectivity index (χ1v) is 7.44. The summed E-state index contributed by atoms with van der Waals surface area (Å²) in [5, 5.41) is 0. The fourth-order valence-electron chi connectivity index (χ4n) is 3.51. The maximum absolute atomic E-state index is 2.49. The largest absolute Gasteiger partial charge is 0.0654 e. The molecule has 3 atom stereocenters. The lowest BCUT2D eigenvalue weighted by Crippen LogP contribution is -2.34. The van der Waals surface area contributed by atoms with Crippen LogP contribution in [0.25, 0.3) is 0 Å². The van der Waals surface area contributed by atoms with Gasteiger partial charge in [0.15, 0.2) is 0 Å². The number of rotatable bonds is 8. The van der Waals surface area contributed by atoms with Gasteiger partial charge in [-0.15, -0.1) is 0 Å². The highest BCUT2D eigenvalue weighted by molar-refractivity contribution is 4.86. The molecule has 3 unspecified atom stereocenters. The summed E-state index contributed by atoms with van der Waals surface area (Å²) in [5.41, 5.74) is 0.582. The minimum absolute atomic E-state index is 0.582. The zero-order valence-electron chi connectivity index (χ0n) is 12.8. The molecule has 0 radical (unpaired) electrons. The summed E-state index contributed by atoms with van der Waals surface area (Å²) < 4.78 is 0. The van der Waals surface area contributed by atoms with E-state index in [2.05, 4.69) is 48.5 Å². The molecule has 0 N–H and O–H groups in total. The van der Waals surface area contributed by atoms with Gasteiger partial charge in [-0.25, -0.2) is 0 Å². The molecule has 98 valence electrons. The van der Waals surface area contributed by atoms with Crippen LogP contribution in [0.4, 0.5) is 0 Å². The third-order valence-corrected chi connectivity index (χ3v) is 4.96. The molecule has 0 amide bonds. The predicted molar refractivity (Wildman–Crippen MR) is 75.7 cm³/mol. The topological polar surface area (TPSA) is 0 Å². The fraction of sp³-hybridized carbons (Fsp3) is 1.00. The molecule has 0 bridgehead atoms. The normalized spacial score (nSPS) is 19.5. The van der Waals surface area contributed by atoms with Crippen molar-refractivity contribution in [2.45, 2.75) is 80.6 Å². The van der Waals surface area contributed by atoms with Gasteiger partial charge in [0.2, 0.25) is 0 Å². The van der Waals surface area contributed by atoms with Gasteiger partial charge in [-0.1, -0.05) is 61.3 Å². The summed E-state index contributed by atoms with van der Waals surface area (Å²) in [6.45, 7) is 16.8. The van der Waals surface area contributed by atoms with Gasteiger partial charge in [-0.2, -0.15) is 0 Å². The lowest BCUT2D eigenvalue weighted by molar-refractivity contribution is 0.0645. The predicted octanol–water partition coefficient (Wildman–Crippen LogP) is 5.91. The second-order valence-corrected chi connectivity index (χ2v) is 6.14. The molecule has 0 aromatic carbocycles. The Morgan fingerprint density at radius 1 is 0.938 bits per heavy atom. The van der Waals surface area contributed by atoms with E-state index in [1.807, 2.05) is 0 Å². The summed E-state index contributed by atoms with van der Waals surface area (Å²) in [4.78, 5) is 0. The molecule has 0 aromatic rings. The Labute approximate surface area is 104 Å². The van der Waals surface area contributed by atoms with Crippen molar-refractivity contribution in [1.29, 1.82) is 0 Å². The molecule has 0 saturated heterocycles. The first kappa shape index (κ1) is 16.0. The SMILES string of the molecule is CCCC(CC)(C(C)C)C(C)CC(C)CC. The molecule has 0 aliphatic rings. The van der Waals surface area contributed by atoms with Crippen molar-refractivity contribution in [3.63, 3.8) is 0 Å². The van der Waals surface area contributed by atoms with E-state index in [-0.39, 0.29) is 0 Å². The van der Waals surface area contributed by atoms with Crippen LogP contribution in [0.3, 0.4) is 0 Å². The van der Waals surface area contributed by atoms with E-state index in [1.54, 1.807) is 0 Å². The quantitative estimate of drug-likeness (QED) is 0.482. The molecule has 0 saturated carbocycles. The fourth-order valence-corrected chi connectivity index (χ4v) is 3.51. The summed E-state index contributed by atoms with van der Waals surface area (Å²) >= 11 is 0. The summed E-state index contributed by atoms with van der Waals surface area (Å²) in [5.74, 6) is 2.57. The van der Waals surface area contributed by atoms with Crippen LogP contribution < -0.4 is 0 Å². The average Bonchev–Trinajstić information content (AvgIpc) is 2.24. The molecule has 0 heterocycles. The number of hydrogen-bond donors (Lipinski definition) is 0. The van der Waals surface area contributed by atoms with E-state index in [0.29, 0.717) is 5.41 Å². The second kappa shape index (κ2) is 7.35. The van der Waals surface area contributed by atoms with Crippen LogP contribution in [0.5, 0.6) is 0 Å². The Morgan fingerprint density at radius 2 is 1.50 bits per heavy atom. The molecule has 0 aliphatic carbocycles. The summed E-state index contributed by atoms with van der Waals surface area (Å²) in [6.07, 6.45) is 6.81. The zero-order chi connectivity index (χ0) is 12.8. The first-order chi connectivity index (χ1) is 7.44. The van der Waals surface area contributed by atoms with Gasteiger partial charge < -0.3 is 0 Å². The third kappa shape index (κ3) is 3.79. The molecular formula is C16H34. The standard InChI is InChI=1S/C16H34/c1-8-11-16(10-3,13(4)5)15(7)12-14(6)9-2/h13-15H,8-12H2,1-7H3. The van der Waals surface area contributed by atoms with Crippen molar-refractivity contribution < 1.29 is 0 Å². The van der Waals surface area contributed by atoms with Crippen LogP contribution in [0.2, 0.25) is 0 Å². The van der Waals surface area contributed by atoms with Gasteiger partial charge in [0.25, 0.3) is 0 Å². The van der Waals surface area contributed by atoms with E-state index in [4.69, 9.17) is 0 Å². The minimum atomic E-state index is 0.582. The van der Waals surface area contributed by atoms with Crippen molar-refractivity contribution in [2.75, 3.05) is 0 Å². The molecular weight excluding hydrogens is 192 g/mol. The highest BCUT2D eigenvalue weighted by Gasteiger charge is 2.36. The maximum atomic E-state index is 2.49. The van der Waals surface area contributed by atoms with Gasteiger partial charge in [0.1, 0.15) is 0 Å². The third-order valence-electron chi connectivity index (χ3n) is 4.96. The van der Waals surface area contributed by atoms with Gasteiger partial charge in [-0.05, 0) is 42.4 Å². The summed E-state index contributed by atoms with van der Waals surface area (Å²) in [6, 6.07) is 0. The van der Waals surface area contributed by atoms with Crippen molar-refractivity contribution in [3.05, 3.63) is 0 Å². The van der Waals surface area contributed by atoms with Crippen LogP contribution in [0.15, 0.2) is 0 Å². The van der Waals surface area contributed by atoms with E-state index >= 15 is 0 Å². The molecule has 0 aromatic heterocycles. The van der Waals surface area contributed by atoms with Crippen LogP contribution in [-0.2, 0) is 0 Å². The average molecular weight is 226 g/mol. The molecule has 0 rings (SSSR count). The van der Waals surface area contributed by atoms with E-state index in [9.17, 15) is 0 Å². The first-order valence-electron chi connectivity index (χ1n) is 7.44. The zero-order valence-corrected chi connectivity index (χ0v) is 12.8. The van der Waals surface area contributed by atoms with Crippen LogP contribution in [-0.4, -0.2) is 0 Å². The Kier molecular flexibility index (Phi) is 7.35. The summed E-state index contributed by atoms with van der Waals surface area (Å²) in [7, 11) is 0. The van der Waals surface area contributed by atoms with Gasteiger partial charge in [0, 0.05) is 0 Å². The van der Waals surface area contributed by atoms with Crippen molar-refractivity contribution in [1.82, 2.24) is 0 Å². The Bertz CT molecular complexity index is 171. The van der Waals surface area contributed by atoms with Gasteiger partial charge in [0.05, 0.1) is 0 Å². The van der Waals surface area contributed by atoms with Crippen LogP contribution in [0.1, 0.15) is 80.6 Å². The lowest BCUT2D eigenvalue weighted by atomic mass is 9.62. The van der Waals surface area contributed by atoms with Crippen molar-refractivity contribution in [2.24, 2.45) is 23.2 Å². The van der Waals surface area contributed by atoms with E-state index in [1.165, 1.54) is 32.1 Å². The van der Waals surface area contributed by atoms with Gasteiger partial charge >= 0.3 is 0 Å². The molecule has 0 heteroatoms. The van der Waals surface area contributed by atoms with Crippen LogP contribution >= 0.6 is 0 Å². The highest BCUT2D eigenvalue weighted by Crippen LogP contribution is 2.46. The van der Waals surface area contributed by atoms with E-state index in [0.717, 1.165) is 17.8 Å². The molecule has 0 spiro atoms. The molecule has 0 fully saturated rings. The smallest absolute Gasteiger partial charge is 0.0251 e. The van der Waals surface area contributed by atoms with E-state index < -0.39 is 0 Å². The maximum Gasteiger partial charge on any atom is -0.0251 e. The molecule has 16 heavy (non-hydrogen) atoms. The van der Waals surface area contributed by atoms with Gasteiger partial charge in [-0.3, -0.25) is 0 Å². The molecule has 0 aliphatic heterocycles. The molecule has 0 nitrogen and oxygen atoms in total. The number of hydrogen-bond acceptors (Lipinski definition) is 0. The van der Waals surface area contributed by atoms with Crippen LogP contribution in [0, 0.1) is 23.2 Å².